The lowest BCUT2D eigenvalue weighted by molar-refractivity contribution is -0.385. The zero-order valence-corrected chi connectivity index (χ0v) is 14.7. The summed E-state index contributed by atoms with van der Waals surface area (Å²) in [7, 11) is 0. The van der Waals surface area contributed by atoms with Crippen LogP contribution in [0.1, 0.15) is 16.7 Å². The molecular formula is C21H20N2O3. The summed E-state index contributed by atoms with van der Waals surface area (Å²) in [5.74, 6) is 0.243. The molecule has 0 heterocycles. The number of anilines is 2. The van der Waals surface area contributed by atoms with Crippen LogP contribution < -0.4 is 10.1 Å². The van der Waals surface area contributed by atoms with Gasteiger partial charge in [-0.3, -0.25) is 10.1 Å². The first-order valence-electron chi connectivity index (χ1n) is 8.32. The Bertz CT molecular complexity index is 924. The molecule has 0 unspecified atom stereocenters. The van der Waals surface area contributed by atoms with Crippen molar-refractivity contribution in [3.05, 3.63) is 93.5 Å². The third-order valence-corrected chi connectivity index (χ3v) is 4.19. The second-order valence-electron chi connectivity index (χ2n) is 6.14. The molecule has 0 amide bonds. The first-order chi connectivity index (χ1) is 12.5. The Morgan fingerprint density at radius 2 is 1.62 bits per heavy atom. The number of nitro benzene ring substituents is 1. The standard InChI is InChI=1S/C21H20N2O3/c1-15-8-9-18(12-16(15)2)22-19-10-11-20(23(24)25)21(13-19)26-14-17-6-4-3-5-7-17/h3-13,22H,14H2,1-2H3. The van der Waals surface area contributed by atoms with E-state index in [2.05, 4.69) is 12.2 Å². The summed E-state index contributed by atoms with van der Waals surface area (Å²) in [6.07, 6.45) is 0. The number of aryl methyl sites for hydroxylation is 2. The molecule has 0 aliphatic rings. The summed E-state index contributed by atoms with van der Waals surface area (Å²) in [5, 5.41) is 14.6. The Labute approximate surface area is 152 Å². The molecule has 5 heteroatoms. The smallest absolute Gasteiger partial charge is 0.311 e. The monoisotopic (exact) mass is 348 g/mol. The SMILES string of the molecule is Cc1ccc(Nc2ccc([N+](=O)[O-])c(OCc3ccccc3)c2)cc1C. The molecule has 0 aromatic heterocycles. The van der Waals surface area contributed by atoms with E-state index in [1.54, 1.807) is 12.1 Å². The van der Waals surface area contributed by atoms with Gasteiger partial charge in [-0.1, -0.05) is 36.4 Å². The van der Waals surface area contributed by atoms with E-state index in [0.29, 0.717) is 0 Å². The third-order valence-electron chi connectivity index (χ3n) is 4.19. The Kier molecular flexibility index (Phi) is 5.17. The highest BCUT2D eigenvalue weighted by Crippen LogP contribution is 2.32. The van der Waals surface area contributed by atoms with Gasteiger partial charge in [0.15, 0.2) is 5.75 Å². The molecule has 0 spiro atoms. The fraction of sp³-hybridized carbons (Fsp3) is 0.143. The zero-order valence-electron chi connectivity index (χ0n) is 14.7. The molecule has 0 saturated carbocycles. The molecule has 132 valence electrons. The van der Waals surface area contributed by atoms with E-state index < -0.39 is 4.92 Å². The first-order valence-corrected chi connectivity index (χ1v) is 8.32. The third kappa shape index (κ3) is 4.19. The molecule has 1 N–H and O–H groups in total. The highest BCUT2D eigenvalue weighted by atomic mass is 16.6. The number of hydrogen-bond acceptors (Lipinski definition) is 4. The number of hydrogen-bond donors (Lipinski definition) is 1. The van der Waals surface area contributed by atoms with Crippen molar-refractivity contribution in [3.8, 4) is 5.75 Å². The topological polar surface area (TPSA) is 64.4 Å². The maximum Gasteiger partial charge on any atom is 0.311 e. The molecule has 26 heavy (non-hydrogen) atoms. The van der Waals surface area contributed by atoms with Crippen LogP contribution in [0.5, 0.6) is 5.75 Å². The van der Waals surface area contributed by atoms with Crippen LogP contribution in [0.15, 0.2) is 66.7 Å². The molecule has 0 aliphatic heterocycles. The fourth-order valence-electron chi connectivity index (χ4n) is 2.58. The fourth-order valence-corrected chi connectivity index (χ4v) is 2.58. The van der Waals surface area contributed by atoms with E-state index in [1.165, 1.54) is 17.2 Å². The lowest BCUT2D eigenvalue weighted by Crippen LogP contribution is -2.00. The van der Waals surface area contributed by atoms with Crippen molar-refractivity contribution in [3.63, 3.8) is 0 Å². The number of ether oxygens (including phenoxy) is 1. The van der Waals surface area contributed by atoms with E-state index in [-0.39, 0.29) is 18.0 Å². The molecule has 0 fully saturated rings. The normalized spacial score (nSPS) is 10.4. The van der Waals surface area contributed by atoms with Crippen molar-refractivity contribution in [1.82, 2.24) is 0 Å². The Morgan fingerprint density at radius 1 is 0.923 bits per heavy atom. The summed E-state index contributed by atoms with van der Waals surface area (Å²) in [6, 6.07) is 20.4. The van der Waals surface area contributed by atoms with Gasteiger partial charge in [0.25, 0.3) is 0 Å². The van der Waals surface area contributed by atoms with Crippen molar-refractivity contribution >= 4 is 17.1 Å². The van der Waals surface area contributed by atoms with Crippen molar-refractivity contribution in [2.24, 2.45) is 0 Å². The van der Waals surface area contributed by atoms with Gasteiger partial charge >= 0.3 is 5.69 Å². The van der Waals surface area contributed by atoms with E-state index in [4.69, 9.17) is 4.74 Å². The maximum atomic E-state index is 11.3. The van der Waals surface area contributed by atoms with Crippen LogP contribution in [0.3, 0.4) is 0 Å². The lowest BCUT2D eigenvalue weighted by Gasteiger charge is -2.12. The van der Waals surface area contributed by atoms with Crippen molar-refractivity contribution in [1.29, 1.82) is 0 Å². The molecule has 3 aromatic rings. The molecule has 0 aliphatic carbocycles. The highest BCUT2D eigenvalue weighted by molar-refractivity contribution is 5.65. The number of benzene rings is 3. The quantitative estimate of drug-likeness (QED) is 0.469. The van der Waals surface area contributed by atoms with E-state index >= 15 is 0 Å². The molecule has 5 nitrogen and oxygen atoms in total. The van der Waals surface area contributed by atoms with Gasteiger partial charge in [-0.15, -0.1) is 0 Å². The molecular weight excluding hydrogens is 328 g/mol. The van der Waals surface area contributed by atoms with Gasteiger partial charge < -0.3 is 10.1 Å². The largest absolute Gasteiger partial charge is 0.482 e. The predicted molar refractivity (Wildman–Crippen MR) is 103 cm³/mol. The lowest BCUT2D eigenvalue weighted by atomic mass is 10.1. The van der Waals surface area contributed by atoms with E-state index in [1.807, 2.05) is 55.5 Å². The summed E-state index contributed by atoms with van der Waals surface area (Å²) in [5.41, 5.74) is 4.96. The first kappa shape index (κ1) is 17.5. The van der Waals surface area contributed by atoms with Crippen LogP contribution in [-0.2, 0) is 6.61 Å². The Morgan fingerprint density at radius 3 is 2.31 bits per heavy atom. The molecule has 0 radical (unpaired) electrons. The highest BCUT2D eigenvalue weighted by Gasteiger charge is 2.16. The molecule has 0 atom stereocenters. The average molecular weight is 348 g/mol. The van der Waals surface area contributed by atoms with Crippen LogP contribution in [-0.4, -0.2) is 4.92 Å². The van der Waals surface area contributed by atoms with Gasteiger partial charge in [-0.2, -0.15) is 0 Å². The Balaban J connectivity index is 1.83. The van der Waals surface area contributed by atoms with Crippen molar-refractivity contribution in [2.45, 2.75) is 20.5 Å². The zero-order chi connectivity index (χ0) is 18.5. The van der Waals surface area contributed by atoms with Gasteiger partial charge in [0.1, 0.15) is 6.61 Å². The van der Waals surface area contributed by atoms with Crippen LogP contribution in [0.25, 0.3) is 0 Å². The van der Waals surface area contributed by atoms with Crippen LogP contribution in [0.4, 0.5) is 17.1 Å². The number of nitrogens with zero attached hydrogens (tertiary/aromatic N) is 1. The van der Waals surface area contributed by atoms with Gasteiger partial charge in [-0.05, 0) is 48.7 Å². The number of rotatable bonds is 6. The second-order valence-corrected chi connectivity index (χ2v) is 6.14. The molecule has 3 rings (SSSR count). The Hall–Kier alpha value is -3.34. The molecule has 3 aromatic carbocycles. The van der Waals surface area contributed by atoms with Gasteiger partial charge in [0.2, 0.25) is 0 Å². The van der Waals surface area contributed by atoms with Crippen molar-refractivity contribution < 1.29 is 9.66 Å². The molecule has 0 saturated heterocycles. The summed E-state index contributed by atoms with van der Waals surface area (Å²) < 4.78 is 5.72. The van der Waals surface area contributed by atoms with E-state index in [9.17, 15) is 10.1 Å². The number of nitrogens with one attached hydrogen (secondary N) is 1. The summed E-state index contributed by atoms with van der Waals surface area (Å²) in [6.45, 7) is 4.38. The van der Waals surface area contributed by atoms with Crippen LogP contribution >= 0.6 is 0 Å². The summed E-state index contributed by atoms with van der Waals surface area (Å²) in [4.78, 5) is 10.9. The van der Waals surface area contributed by atoms with Gasteiger partial charge in [0.05, 0.1) is 4.92 Å². The van der Waals surface area contributed by atoms with Crippen molar-refractivity contribution in [2.75, 3.05) is 5.32 Å². The minimum Gasteiger partial charge on any atom is -0.482 e. The van der Waals surface area contributed by atoms with Crippen LogP contribution in [0, 0.1) is 24.0 Å². The molecule has 0 bridgehead atoms. The summed E-state index contributed by atoms with van der Waals surface area (Å²) >= 11 is 0. The minimum atomic E-state index is -0.430. The average Bonchev–Trinajstić information content (AvgIpc) is 2.64. The van der Waals surface area contributed by atoms with Gasteiger partial charge in [0, 0.05) is 23.5 Å². The second kappa shape index (κ2) is 7.70. The number of nitro groups is 1. The predicted octanol–water partition coefficient (Wildman–Crippen LogP) is 5.53. The minimum absolute atomic E-state index is 0.0495. The maximum absolute atomic E-state index is 11.3. The van der Waals surface area contributed by atoms with Crippen LogP contribution in [0.2, 0.25) is 0 Å². The van der Waals surface area contributed by atoms with Gasteiger partial charge in [-0.25, -0.2) is 0 Å². The van der Waals surface area contributed by atoms with E-state index in [0.717, 1.165) is 16.9 Å².